The molecule has 0 aliphatic rings. The molecular formula is C22H17N5O5S. The smallest absolute Gasteiger partial charge is 0.270 e. The van der Waals surface area contributed by atoms with Crippen LogP contribution in [0.3, 0.4) is 0 Å². The van der Waals surface area contributed by atoms with E-state index < -0.39 is 14.9 Å². The lowest BCUT2D eigenvalue weighted by atomic mass is 10.1. The second-order valence-electron chi connectivity index (χ2n) is 7.03. The Labute approximate surface area is 188 Å². The number of nitro groups is 1. The van der Waals surface area contributed by atoms with E-state index >= 15 is 0 Å². The van der Waals surface area contributed by atoms with Gasteiger partial charge >= 0.3 is 0 Å². The average molecular weight is 463 g/mol. The van der Waals surface area contributed by atoms with E-state index in [4.69, 9.17) is 0 Å². The highest BCUT2D eigenvalue weighted by molar-refractivity contribution is 7.92. The second kappa shape index (κ2) is 8.63. The molecule has 0 atom stereocenters. The molecule has 0 spiro atoms. The summed E-state index contributed by atoms with van der Waals surface area (Å²) in [6, 6.07) is 18.2. The van der Waals surface area contributed by atoms with Crippen LogP contribution in [0.15, 0.2) is 77.7 Å². The Morgan fingerprint density at radius 3 is 2.24 bits per heavy atom. The molecule has 0 bridgehead atoms. The number of fused-ring (bicyclic) bond motifs is 1. The molecule has 0 radical (unpaired) electrons. The van der Waals surface area contributed by atoms with Crippen LogP contribution in [0.2, 0.25) is 0 Å². The van der Waals surface area contributed by atoms with E-state index in [9.17, 15) is 23.3 Å². The molecule has 0 aliphatic heterocycles. The van der Waals surface area contributed by atoms with E-state index in [0.717, 1.165) is 6.07 Å². The SMILES string of the molecule is CC(=O)c1cccc(Nc2nc3ccccc3nc2NS(=O)(=O)c2cccc([N+](=O)[O-])c2)c1. The highest BCUT2D eigenvalue weighted by Crippen LogP contribution is 2.28. The molecular weight excluding hydrogens is 446 g/mol. The summed E-state index contributed by atoms with van der Waals surface area (Å²) < 4.78 is 28.3. The number of para-hydroxylation sites is 2. The number of nitrogens with zero attached hydrogens (tertiary/aromatic N) is 3. The van der Waals surface area contributed by atoms with Crippen molar-refractivity contribution in [3.63, 3.8) is 0 Å². The van der Waals surface area contributed by atoms with Crippen molar-refractivity contribution < 1.29 is 18.1 Å². The van der Waals surface area contributed by atoms with Crippen LogP contribution in [0, 0.1) is 10.1 Å². The number of hydrogen-bond donors (Lipinski definition) is 2. The van der Waals surface area contributed by atoms with Crippen molar-refractivity contribution in [3.05, 3.63) is 88.5 Å². The number of nitro benzene ring substituents is 1. The van der Waals surface area contributed by atoms with Crippen LogP contribution in [0.4, 0.5) is 23.0 Å². The van der Waals surface area contributed by atoms with Gasteiger partial charge in [-0.05, 0) is 37.3 Å². The molecule has 0 unspecified atom stereocenters. The number of hydrogen-bond acceptors (Lipinski definition) is 8. The van der Waals surface area contributed by atoms with E-state index in [1.807, 2.05) is 0 Å². The Balaban J connectivity index is 1.78. The summed E-state index contributed by atoms with van der Waals surface area (Å²) in [4.78, 5) is 30.7. The van der Waals surface area contributed by atoms with Gasteiger partial charge in [0.2, 0.25) is 0 Å². The Morgan fingerprint density at radius 1 is 0.909 bits per heavy atom. The van der Waals surface area contributed by atoms with Gasteiger partial charge in [-0.25, -0.2) is 18.4 Å². The first kappa shape index (κ1) is 21.8. The van der Waals surface area contributed by atoms with Crippen molar-refractivity contribution >= 4 is 49.9 Å². The molecule has 11 heteroatoms. The molecule has 1 aromatic heterocycles. The minimum absolute atomic E-state index is 0.100. The zero-order valence-corrected chi connectivity index (χ0v) is 18.0. The number of rotatable bonds is 7. The molecule has 10 nitrogen and oxygen atoms in total. The summed E-state index contributed by atoms with van der Waals surface area (Å²) in [5.41, 5.74) is 1.57. The van der Waals surface area contributed by atoms with Crippen LogP contribution in [0.25, 0.3) is 11.0 Å². The van der Waals surface area contributed by atoms with Crippen LogP contribution in [-0.2, 0) is 10.0 Å². The van der Waals surface area contributed by atoms with Gasteiger partial charge in [0.05, 0.1) is 20.9 Å². The number of benzene rings is 3. The Morgan fingerprint density at radius 2 is 1.58 bits per heavy atom. The molecule has 0 aliphatic carbocycles. The van der Waals surface area contributed by atoms with Gasteiger partial charge in [-0.2, -0.15) is 0 Å². The fourth-order valence-corrected chi connectivity index (χ4v) is 4.11. The van der Waals surface area contributed by atoms with Gasteiger partial charge in [-0.15, -0.1) is 0 Å². The number of Topliss-reactive ketones (excluding diaryl/α,β-unsaturated/α-hetero) is 1. The molecule has 1 heterocycles. The van der Waals surface area contributed by atoms with E-state index in [1.54, 1.807) is 48.5 Å². The summed E-state index contributed by atoms with van der Waals surface area (Å²) >= 11 is 0. The summed E-state index contributed by atoms with van der Waals surface area (Å²) in [6.07, 6.45) is 0. The van der Waals surface area contributed by atoms with Crippen LogP contribution in [0.1, 0.15) is 17.3 Å². The van der Waals surface area contributed by atoms with Gasteiger partial charge in [-0.3, -0.25) is 19.6 Å². The first-order valence-electron chi connectivity index (χ1n) is 9.65. The summed E-state index contributed by atoms with van der Waals surface area (Å²) in [7, 11) is -4.23. The van der Waals surface area contributed by atoms with Crippen LogP contribution < -0.4 is 10.0 Å². The fourth-order valence-electron chi connectivity index (χ4n) is 3.06. The van der Waals surface area contributed by atoms with Crippen LogP contribution >= 0.6 is 0 Å². The van der Waals surface area contributed by atoms with E-state index in [-0.39, 0.29) is 28.0 Å². The summed E-state index contributed by atoms with van der Waals surface area (Å²) in [5, 5.41) is 14.1. The summed E-state index contributed by atoms with van der Waals surface area (Å²) in [5.74, 6) is -0.133. The third-order valence-corrected chi connectivity index (χ3v) is 6.01. The Kier molecular flexibility index (Phi) is 5.71. The number of carbonyl (C=O) groups is 1. The number of carbonyl (C=O) groups excluding carboxylic acids is 1. The number of nitrogens with one attached hydrogen (secondary N) is 2. The highest BCUT2D eigenvalue weighted by Gasteiger charge is 2.21. The third-order valence-electron chi connectivity index (χ3n) is 4.67. The van der Waals surface area contributed by atoms with Gasteiger partial charge in [0.25, 0.3) is 15.7 Å². The largest absolute Gasteiger partial charge is 0.337 e. The first-order valence-corrected chi connectivity index (χ1v) is 11.1. The molecule has 0 amide bonds. The lowest BCUT2D eigenvalue weighted by molar-refractivity contribution is -0.385. The maximum Gasteiger partial charge on any atom is 0.270 e. The Hall–Kier alpha value is -4.38. The van der Waals surface area contributed by atoms with Crippen molar-refractivity contribution in [1.29, 1.82) is 0 Å². The zero-order valence-electron chi connectivity index (χ0n) is 17.2. The molecule has 4 rings (SSSR count). The van der Waals surface area contributed by atoms with Crippen molar-refractivity contribution in [1.82, 2.24) is 9.97 Å². The van der Waals surface area contributed by atoms with Crippen LogP contribution in [0.5, 0.6) is 0 Å². The monoisotopic (exact) mass is 463 g/mol. The van der Waals surface area contributed by atoms with Crippen molar-refractivity contribution in [2.75, 3.05) is 10.0 Å². The topological polar surface area (TPSA) is 144 Å². The van der Waals surface area contributed by atoms with Crippen molar-refractivity contribution in [3.8, 4) is 0 Å². The average Bonchev–Trinajstić information content (AvgIpc) is 2.79. The van der Waals surface area contributed by atoms with E-state index in [1.165, 1.54) is 25.1 Å². The van der Waals surface area contributed by atoms with Crippen molar-refractivity contribution in [2.24, 2.45) is 0 Å². The molecule has 33 heavy (non-hydrogen) atoms. The molecule has 0 saturated heterocycles. The number of aromatic nitrogens is 2. The van der Waals surface area contributed by atoms with Gasteiger partial charge in [0.15, 0.2) is 17.4 Å². The quantitative estimate of drug-likeness (QED) is 0.235. The molecule has 3 aromatic carbocycles. The molecule has 0 saturated carbocycles. The van der Waals surface area contributed by atoms with Gasteiger partial charge in [-0.1, -0.05) is 30.3 Å². The second-order valence-corrected chi connectivity index (χ2v) is 8.71. The normalized spacial score (nSPS) is 11.2. The van der Waals surface area contributed by atoms with Gasteiger partial charge in [0, 0.05) is 23.4 Å². The number of non-ortho nitro benzene ring substituents is 1. The lowest BCUT2D eigenvalue weighted by Crippen LogP contribution is -2.16. The number of sulfonamides is 1. The minimum Gasteiger partial charge on any atom is -0.337 e. The molecule has 166 valence electrons. The minimum atomic E-state index is -4.23. The highest BCUT2D eigenvalue weighted by atomic mass is 32.2. The molecule has 4 aromatic rings. The maximum absolute atomic E-state index is 13.0. The van der Waals surface area contributed by atoms with Gasteiger partial charge in [0.1, 0.15) is 0 Å². The van der Waals surface area contributed by atoms with Gasteiger partial charge < -0.3 is 5.32 Å². The first-order chi connectivity index (χ1) is 15.7. The predicted octanol–water partition coefficient (Wildman–Crippen LogP) is 4.29. The van der Waals surface area contributed by atoms with Crippen molar-refractivity contribution in [2.45, 2.75) is 11.8 Å². The fraction of sp³-hybridized carbons (Fsp3) is 0.0455. The Bertz CT molecular complexity index is 1500. The third kappa shape index (κ3) is 4.77. The standard InChI is InChI=1S/C22H17N5O5S/c1-14(28)15-6-4-7-16(12-15)23-21-22(25-20-11-3-2-10-19(20)24-21)26-33(31,32)18-9-5-8-17(13-18)27(29)30/h2-13H,1H3,(H,23,24)(H,25,26). The van der Waals surface area contributed by atoms with Crippen LogP contribution in [-0.4, -0.2) is 29.1 Å². The van der Waals surface area contributed by atoms with E-state index in [0.29, 0.717) is 22.3 Å². The summed E-state index contributed by atoms with van der Waals surface area (Å²) in [6.45, 7) is 1.44. The maximum atomic E-state index is 13.0. The molecule has 2 N–H and O–H groups in total. The van der Waals surface area contributed by atoms with E-state index in [2.05, 4.69) is 20.0 Å². The predicted molar refractivity (Wildman–Crippen MR) is 123 cm³/mol. The lowest BCUT2D eigenvalue weighted by Gasteiger charge is -2.14. The number of anilines is 3. The molecule has 0 fully saturated rings. The number of ketones is 1. The zero-order chi connectivity index (χ0) is 23.6.